The number of hydrogen-bond donors (Lipinski definition) is 2. The van der Waals surface area contributed by atoms with Crippen LogP contribution in [0.25, 0.3) is 6.08 Å². The van der Waals surface area contributed by atoms with E-state index < -0.39 is 10.3 Å². The van der Waals surface area contributed by atoms with Crippen LogP contribution < -0.4 is 44.3 Å². The van der Waals surface area contributed by atoms with Crippen molar-refractivity contribution in [2.24, 2.45) is 0 Å². The summed E-state index contributed by atoms with van der Waals surface area (Å²) in [6.07, 6.45) is 2.95. The number of benzene rings is 2. The zero-order valence-electron chi connectivity index (χ0n) is 14.4. The number of nitrogens with one attached hydrogen (secondary N) is 2. The number of hydrogen-bond acceptors (Lipinski definition) is 5. The van der Waals surface area contributed by atoms with Gasteiger partial charge in [0.25, 0.3) is 0 Å². The summed E-state index contributed by atoms with van der Waals surface area (Å²) in [4.78, 5) is 11.8. The van der Waals surface area contributed by atoms with E-state index in [0.717, 1.165) is 11.3 Å². The minimum Gasteiger partial charge on any atom is -0.731 e. The molecule has 0 radical (unpaired) electrons. The van der Waals surface area contributed by atoms with Gasteiger partial charge in [0.15, 0.2) is 10.3 Å². The van der Waals surface area contributed by atoms with Crippen molar-refractivity contribution in [1.82, 2.24) is 5.32 Å². The maximum atomic E-state index is 11.8. The molecule has 0 saturated heterocycles. The normalized spacial score (nSPS) is 10.8. The number of rotatable bonds is 7. The molecule has 0 fully saturated rings. The van der Waals surface area contributed by atoms with Gasteiger partial charge in [-0.3, -0.25) is 9.52 Å². The van der Waals surface area contributed by atoms with E-state index in [1.165, 1.54) is 18.2 Å². The van der Waals surface area contributed by atoms with E-state index in [1.54, 1.807) is 25.3 Å². The second-order valence-corrected chi connectivity index (χ2v) is 6.19. The van der Waals surface area contributed by atoms with E-state index in [4.69, 9.17) is 4.74 Å². The van der Waals surface area contributed by atoms with Crippen LogP contribution in [-0.4, -0.2) is 26.0 Å². The molecule has 2 N–H and O–H groups in total. The molecule has 0 spiro atoms. The summed E-state index contributed by atoms with van der Waals surface area (Å²) in [6, 6.07) is 13.4. The van der Waals surface area contributed by atoms with Gasteiger partial charge >= 0.3 is 29.6 Å². The average molecular weight is 384 g/mol. The Morgan fingerprint density at radius 3 is 2.27 bits per heavy atom. The van der Waals surface area contributed by atoms with Gasteiger partial charge in [0.1, 0.15) is 5.75 Å². The number of methoxy groups -OCH3 is 1. The summed E-state index contributed by atoms with van der Waals surface area (Å²) in [5.74, 6) is 0.484. The molecule has 0 saturated carbocycles. The molecule has 0 heterocycles. The van der Waals surface area contributed by atoms with Gasteiger partial charge < -0.3 is 14.6 Å². The van der Waals surface area contributed by atoms with Crippen molar-refractivity contribution in [1.29, 1.82) is 0 Å². The molecule has 2 rings (SSSR count). The zero-order chi connectivity index (χ0) is 18.3. The van der Waals surface area contributed by atoms with Gasteiger partial charge in [-0.2, -0.15) is 0 Å². The minimum atomic E-state index is -4.54. The topological polar surface area (TPSA) is 108 Å². The maximum absolute atomic E-state index is 11.8. The molecule has 26 heavy (non-hydrogen) atoms. The fraction of sp³-hybridized carbons (Fsp3) is 0.118. The number of ether oxygens (including phenoxy) is 1. The first-order valence-corrected chi connectivity index (χ1v) is 8.69. The number of anilines is 1. The standard InChI is InChI=1S/C17H18N2O5S.Na/c1-24-16-9-4-14(5-10-16)12-18-17(20)11-6-13-2-7-15(8-3-13)19-25(21,22)23;/h2-11,19H,12H2,1H3,(H,18,20)(H,21,22,23);/q;+1/p-1/b11-6+;. The first-order valence-electron chi connectivity index (χ1n) is 7.28. The van der Waals surface area contributed by atoms with Crippen LogP contribution in [0.1, 0.15) is 11.1 Å². The molecule has 0 atom stereocenters. The molecule has 7 nitrogen and oxygen atoms in total. The smallest absolute Gasteiger partial charge is 0.731 e. The first-order chi connectivity index (χ1) is 11.9. The largest absolute Gasteiger partial charge is 1.00 e. The molecule has 0 aromatic heterocycles. The van der Waals surface area contributed by atoms with E-state index >= 15 is 0 Å². The van der Waals surface area contributed by atoms with Crippen LogP contribution in [0.3, 0.4) is 0 Å². The van der Waals surface area contributed by atoms with Crippen molar-refractivity contribution in [3.8, 4) is 5.75 Å². The predicted octanol–water partition coefficient (Wildman–Crippen LogP) is -1.10. The van der Waals surface area contributed by atoms with Crippen molar-refractivity contribution >= 4 is 28.0 Å². The van der Waals surface area contributed by atoms with Crippen LogP contribution in [-0.2, 0) is 21.6 Å². The molecule has 0 unspecified atom stereocenters. The molecule has 2 aromatic carbocycles. The third-order valence-corrected chi connectivity index (χ3v) is 3.69. The van der Waals surface area contributed by atoms with Gasteiger partial charge in [0.05, 0.1) is 7.11 Å². The Hall–Kier alpha value is -1.84. The van der Waals surface area contributed by atoms with E-state index in [0.29, 0.717) is 12.1 Å². The predicted molar refractivity (Wildman–Crippen MR) is 93.6 cm³/mol. The second-order valence-electron chi connectivity index (χ2n) is 5.08. The van der Waals surface area contributed by atoms with Gasteiger partial charge in [-0.25, -0.2) is 8.42 Å². The Labute approximate surface area is 174 Å². The molecule has 1 amide bonds. The van der Waals surface area contributed by atoms with Gasteiger partial charge in [-0.15, -0.1) is 0 Å². The van der Waals surface area contributed by atoms with Crippen LogP contribution in [0, 0.1) is 0 Å². The third-order valence-electron chi connectivity index (χ3n) is 3.21. The fourth-order valence-corrected chi connectivity index (χ4v) is 2.39. The maximum Gasteiger partial charge on any atom is 1.00 e. The molecule has 9 heteroatoms. The SMILES string of the molecule is COc1ccc(CNC(=O)/C=C/c2ccc(NS(=O)(=O)[O-])cc2)cc1.[Na+]. The summed E-state index contributed by atoms with van der Waals surface area (Å²) in [5, 5.41) is 2.75. The number of carbonyl (C=O) groups is 1. The Morgan fingerprint density at radius 2 is 1.73 bits per heavy atom. The monoisotopic (exact) mass is 384 g/mol. The van der Waals surface area contributed by atoms with E-state index in [9.17, 15) is 17.8 Å². The molecule has 0 bridgehead atoms. The zero-order valence-corrected chi connectivity index (χ0v) is 17.2. The molecule has 132 valence electrons. The summed E-state index contributed by atoms with van der Waals surface area (Å²) in [6.45, 7) is 0.386. The number of amides is 1. The van der Waals surface area contributed by atoms with Crippen molar-refractivity contribution in [3.05, 3.63) is 65.7 Å². The summed E-state index contributed by atoms with van der Waals surface area (Å²) in [5.41, 5.74) is 1.79. The second kappa shape index (κ2) is 10.3. The molecular formula is C17H17N2NaO5S. The third kappa shape index (κ3) is 8.03. The van der Waals surface area contributed by atoms with Crippen LogP contribution in [0.5, 0.6) is 5.75 Å². The molecule has 0 aliphatic rings. The van der Waals surface area contributed by atoms with Crippen LogP contribution in [0.2, 0.25) is 0 Å². The van der Waals surface area contributed by atoms with Crippen molar-refractivity contribution < 1.29 is 52.1 Å². The molecule has 2 aromatic rings. The van der Waals surface area contributed by atoms with Gasteiger partial charge in [0, 0.05) is 18.3 Å². The Balaban J connectivity index is 0.00000338. The minimum absolute atomic E-state index is 0. The first kappa shape index (κ1) is 22.2. The van der Waals surface area contributed by atoms with E-state index in [2.05, 4.69) is 5.32 Å². The Kier molecular flexibility index (Phi) is 8.83. The van der Waals surface area contributed by atoms with Gasteiger partial charge in [-0.1, -0.05) is 24.3 Å². The average Bonchev–Trinajstić information content (AvgIpc) is 2.58. The van der Waals surface area contributed by atoms with E-state index in [-0.39, 0.29) is 41.2 Å². The van der Waals surface area contributed by atoms with Crippen LogP contribution in [0.4, 0.5) is 5.69 Å². The molecule has 0 aliphatic carbocycles. The Bertz CT molecular complexity index is 850. The van der Waals surface area contributed by atoms with Gasteiger partial charge in [-0.05, 0) is 41.5 Å². The quantitative estimate of drug-likeness (QED) is 0.358. The van der Waals surface area contributed by atoms with E-state index in [1.807, 2.05) is 29.0 Å². The number of carbonyl (C=O) groups excluding carboxylic acids is 1. The molecular weight excluding hydrogens is 367 g/mol. The van der Waals surface area contributed by atoms with Crippen molar-refractivity contribution in [2.45, 2.75) is 6.54 Å². The van der Waals surface area contributed by atoms with Gasteiger partial charge in [0.2, 0.25) is 5.91 Å². The summed E-state index contributed by atoms with van der Waals surface area (Å²) >= 11 is 0. The molecule has 0 aliphatic heterocycles. The summed E-state index contributed by atoms with van der Waals surface area (Å²) < 4.78 is 38.6. The summed E-state index contributed by atoms with van der Waals surface area (Å²) in [7, 11) is -2.96. The Morgan fingerprint density at radius 1 is 1.12 bits per heavy atom. The van der Waals surface area contributed by atoms with Crippen LogP contribution in [0.15, 0.2) is 54.6 Å². The van der Waals surface area contributed by atoms with Crippen molar-refractivity contribution in [3.63, 3.8) is 0 Å². The fourth-order valence-electron chi connectivity index (χ4n) is 1.97. The van der Waals surface area contributed by atoms with Crippen LogP contribution >= 0.6 is 0 Å². The van der Waals surface area contributed by atoms with Crippen molar-refractivity contribution in [2.75, 3.05) is 11.8 Å².